The molecule has 1 N–H and O–H groups in total. The summed E-state index contributed by atoms with van der Waals surface area (Å²) >= 11 is 12.1. The van der Waals surface area contributed by atoms with Crippen LogP contribution in [0.3, 0.4) is 0 Å². The second-order valence-corrected chi connectivity index (χ2v) is 8.30. The Labute approximate surface area is 189 Å². The predicted molar refractivity (Wildman–Crippen MR) is 125 cm³/mol. The molecule has 0 aliphatic carbocycles. The summed E-state index contributed by atoms with van der Waals surface area (Å²) in [5.74, 6) is -0.451. The molecule has 1 atom stereocenters. The van der Waals surface area contributed by atoms with Crippen molar-refractivity contribution in [3.63, 3.8) is 0 Å². The average molecular weight is 450 g/mol. The Morgan fingerprint density at radius 1 is 1.00 bits per heavy atom. The highest BCUT2D eigenvalue weighted by Crippen LogP contribution is 2.39. The van der Waals surface area contributed by atoms with Crippen LogP contribution in [0.15, 0.2) is 79.3 Å². The summed E-state index contributed by atoms with van der Waals surface area (Å²) < 4.78 is 16.5. The molecule has 2 heterocycles. The number of nitrogens with zero attached hydrogens (tertiary/aromatic N) is 2. The van der Waals surface area contributed by atoms with Crippen LogP contribution in [0.1, 0.15) is 18.5 Å². The van der Waals surface area contributed by atoms with Gasteiger partial charge >= 0.3 is 0 Å². The van der Waals surface area contributed by atoms with Crippen molar-refractivity contribution in [2.45, 2.75) is 13.0 Å². The molecule has 0 fully saturated rings. The van der Waals surface area contributed by atoms with Gasteiger partial charge in [0.2, 0.25) is 0 Å². The zero-order chi connectivity index (χ0) is 21.5. The molecule has 0 spiro atoms. The van der Waals surface area contributed by atoms with E-state index < -0.39 is 5.82 Å². The lowest BCUT2D eigenvalue weighted by Crippen LogP contribution is -2.07. The molecule has 0 saturated carbocycles. The first kappa shape index (κ1) is 19.9. The monoisotopic (exact) mass is 449 g/mol. The zero-order valence-corrected chi connectivity index (χ0v) is 18.1. The van der Waals surface area contributed by atoms with Gasteiger partial charge in [-0.15, -0.1) is 0 Å². The molecule has 6 heteroatoms. The Morgan fingerprint density at radius 2 is 1.74 bits per heavy atom. The van der Waals surface area contributed by atoms with Gasteiger partial charge in [0, 0.05) is 33.2 Å². The van der Waals surface area contributed by atoms with Crippen LogP contribution >= 0.6 is 23.2 Å². The van der Waals surface area contributed by atoms with E-state index in [-0.39, 0.29) is 11.1 Å². The zero-order valence-electron chi connectivity index (χ0n) is 16.6. The average Bonchev–Trinajstić information content (AvgIpc) is 3.38. The van der Waals surface area contributed by atoms with Gasteiger partial charge in [0.1, 0.15) is 5.82 Å². The molecule has 3 aromatic carbocycles. The van der Waals surface area contributed by atoms with Crippen LogP contribution in [0, 0.1) is 5.82 Å². The number of fused-ring (bicyclic) bond motifs is 1. The fourth-order valence-corrected chi connectivity index (χ4v) is 4.23. The van der Waals surface area contributed by atoms with Crippen molar-refractivity contribution >= 4 is 34.1 Å². The third-order valence-corrected chi connectivity index (χ3v) is 6.13. The molecule has 3 nitrogen and oxygen atoms in total. The van der Waals surface area contributed by atoms with Gasteiger partial charge in [-0.3, -0.25) is 0 Å². The third-order valence-electron chi connectivity index (χ3n) is 5.59. The van der Waals surface area contributed by atoms with E-state index in [9.17, 15) is 4.39 Å². The number of rotatable bonds is 4. The van der Waals surface area contributed by atoms with Gasteiger partial charge < -0.3 is 9.55 Å². The van der Waals surface area contributed by atoms with E-state index in [2.05, 4.69) is 16.5 Å². The third kappa shape index (κ3) is 3.52. The van der Waals surface area contributed by atoms with Gasteiger partial charge in [0.15, 0.2) is 0 Å². The van der Waals surface area contributed by atoms with Crippen LogP contribution in [0.25, 0.3) is 33.4 Å². The number of aromatic nitrogens is 3. The Morgan fingerprint density at radius 3 is 2.48 bits per heavy atom. The molecular formula is C25H18Cl2FN3. The first-order valence-electron chi connectivity index (χ1n) is 9.87. The van der Waals surface area contributed by atoms with Gasteiger partial charge in [-0.05, 0) is 36.8 Å². The summed E-state index contributed by atoms with van der Waals surface area (Å²) in [5.41, 5.74) is 5.45. The topological polar surface area (TPSA) is 33.6 Å². The molecule has 0 unspecified atom stereocenters. The normalized spacial score (nSPS) is 12.4. The Bertz CT molecular complexity index is 1370. The van der Waals surface area contributed by atoms with Crippen molar-refractivity contribution in [1.29, 1.82) is 0 Å². The highest BCUT2D eigenvalue weighted by atomic mass is 35.5. The standard InChI is InChI=1S/C25H18Cl2FN3/c1-15(16-7-9-18(26)10-8-16)31-14-30-24(17-5-3-2-4-6-17)25(31)20-13-29-23-12-21(27)22(28)11-19(20)23/h2-15,29H,1H3/t15-/m1/s1. The van der Waals surface area contributed by atoms with Gasteiger partial charge in [-0.25, -0.2) is 9.37 Å². The molecule has 31 heavy (non-hydrogen) atoms. The number of hydrogen-bond donors (Lipinski definition) is 1. The van der Waals surface area contributed by atoms with Crippen LogP contribution < -0.4 is 0 Å². The predicted octanol–water partition coefficient (Wildman–Crippen LogP) is 7.75. The summed E-state index contributed by atoms with van der Waals surface area (Å²) in [6.07, 6.45) is 3.72. The quantitative estimate of drug-likeness (QED) is 0.298. The first-order chi connectivity index (χ1) is 15.0. The second kappa shape index (κ2) is 7.88. The van der Waals surface area contributed by atoms with E-state index in [0.717, 1.165) is 39.0 Å². The van der Waals surface area contributed by atoms with Crippen molar-refractivity contribution in [3.05, 3.63) is 101 Å². The van der Waals surface area contributed by atoms with E-state index in [1.54, 1.807) is 6.07 Å². The van der Waals surface area contributed by atoms with E-state index >= 15 is 0 Å². The molecule has 0 bridgehead atoms. The fraction of sp³-hybridized carbons (Fsp3) is 0.0800. The molecule has 0 amide bonds. The molecule has 0 aliphatic heterocycles. The van der Waals surface area contributed by atoms with E-state index in [1.165, 1.54) is 6.07 Å². The van der Waals surface area contributed by atoms with Crippen LogP contribution in [-0.2, 0) is 0 Å². The Kier molecular flexibility index (Phi) is 5.05. The van der Waals surface area contributed by atoms with Crippen molar-refractivity contribution in [3.8, 4) is 22.5 Å². The van der Waals surface area contributed by atoms with Crippen LogP contribution in [0.5, 0.6) is 0 Å². The lowest BCUT2D eigenvalue weighted by molar-refractivity contribution is 0.630. The van der Waals surface area contributed by atoms with Gasteiger partial charge in [-0.1, -0.05) is 65.7 Å². The second-order valence-electron chi connectivity index (χ2n) is 7.46. The molecule has 154 valence electrons. The smallest absolute Gasteiger partial charge is 0.142 e. The van der Waals surface area contributed by atoms with Gasteiger partial charge in [-0.2, -0.15) is 0 Å². The summed E-state index contributed by atoms with van der Waals surface area (Å²) in [6, 6.07) is 20.8. The summed E-state index contributed by atoms with van der Waals surface area (Å²) in [5, 5.41) is 1.53. The van der Waals surface area contributed by atoms with Crippen molar-refractivity contribution < 1.29 is 4.39 Å². The first-order valence-corrected chi connectivity index (χ1v) is 10.6. The van der Waals surface area contributed by atoms with Crippen LogP contribution in [0.4, 0.5) is 4.39 Å². The van der Waals surface area contributed by atoms with Gasteiger partial charge in [0.25, 0.3) is 0 Å². The number of hydrogen-bond acceptors (Lipinski definition) is 1. The minimum absolute atomic E-state index is 0.0145. The van der Waals surface area contributed by atoms with Gasteiger partial charge in [0.05, 0.1) is 28.8 Å². The number of nitrogens with one attached hydrogen (secondary N) is 1. The summed E-state index contributed by atoms with van der Waals surface area (Å²) in [7, 11) is 0. The largest absolute Gasteiger partial charge is 0.360 e. The SMILES string of the molecule is C[C@H](c1ccc(Cl)cc1)n1cnc(-c2ccccc2)c1-c1c[nH]c2cc(Cl)c(F)cc12. The Balaban J connectivity index is 1.75. The van der Waals surface area contributed by atoms with E-state index in [0.29, 0.717) is 5.02 Å². The maximum Gasteiger partial charge on any atom is 0.142 e. The molecule has 5 aromatic rings. The highest BCUT2D eigenvalue weighted by Gasteiger charge is 2.22. The number of halogens is 3. The number of imidazole rings is 1. The van der Waals surface area contributed by atoms with Crippen LogP contribution in [-0.4, -0.2) is 14.5 Å². The Hall–Kier alpha value is -3.08. The van der Waals surface area contributed by atoms with Crippen molar-refractivity contribution in [2.24, 2.45) is 0 Å². The van der Waals surface area contributed by atoms with Crippen LogP contribution in [0.2, 0.25) is 10.0 Å². The molecule has 0 aliphatic rings. The summed E-state index contributed by atoms with van der Waals surface area (Å²) in [6.45, 7) is 2.11. The molecule has 0 radical (unpaired) electrons. The van der Waals surface area contributed by atoms with Crippen molar-refractivity contribution in [2.75, 3.05) is 0 Å². The van der Waals surface area contributed by atoms with E-state index in [1.807, 2.05) is 67.1 Å². The number of benzene rings is 3. The molecule has 5 rings (SSSR count). The molecule has 0 saturated heterocycles. The number of H-pyrrole nitrogens is 1. The molecule has 2 aromatic heterocycles. The number of aromatic amines is 1. The minimum Gasteiger partial charge on any atom is -0.360 e. The minimum atomic E-state index is -0.451. The highest BCUT2D eigenvalue weighted by molar-refractivity contribution is 6.31. The maximum atomic E-state index is 14.4. The fourth-order valence-electron chi connectivity index (χ4n) is 3.94. The maximum absolute atomic E-state index is 14.4. The lowest BCUT2D eigenvalue weighted by atomic mass is 10.0. The van der Waals surface area contributed by atoms with Crippen molar-refractivity contribution in [1.82, 2.24) is 14.5 Å². The summed E-state index contributed by atoms with van der Waals surface area (Å²) in [4.78, 5) is 7.98. The lowest BCUT2D eigenvalue weighted by Gasteiger charge is -2.18. The molecular weight excluding hydrogens is 432 g/mol. The van der Waals surface area contributed by atoms with E-state index in [4.69, 9.17) is 28.2 Å².